The predicted octanol–water partition coefficient (Wildman–Crippen LogP) is 7.51. The third kappa shape index (κ3) is 7.48. The summed E-state index contributed by atoms with van der Waals surface area (Å²) < 4.78 is 46.5. The highest BCUT2D eigenvalue weighted by atomic mass is 19.4. The van der Waals surface area contributed by atoms with Crippen LogP contribution in [0.4, 0.5) is 13.2 Å². The number of ether oxygens (including phenoxy) is 2. The number of esters is 1. The lowest BCUT2D eigenvalue weighted by atomic mass is 9.72. The summed E-state index contributed by atoms with van der Waals surface area (Å²) in [6.45, 7) is 1.35. The van der Waals surface area contributed by atoms with Gasteiger partial charge in [-0.2, -0.15) is 0 Å². The Morgan fingerprint density at radius 1 is 0.806 bits per heavy atom. The van der Waals surface area contributed by atoms with E-state index in [-0.39, 0.29) is 11.7 Å². The monoisotopic (exact) mass is 503 g/mol. The van der Waals surface area contributed by atoms with Crippen molar-refractivity contribution in [2.75, 3.05) is 7.11 Å². The van der Waals surface area contributed by atoms with Gasteiger partial charge in [0.05, 0.1) is 12.7 Å². The van der Waals surface area contributed by atoms with Crippen molar-refractivity contribution >= 4 is 5.97 Å². The van der Waals surface area contributed by atoms with E-state index in [1.807, 2.05) is 12.1 Å². The fraction of sp³-hybridized carbons (Fsp3) is 0.552. The fourth-order valence-corrected chi connectivity index (χ4v) is 5.99. The molecule has 2 aromatic rings. The number of carbonyl (C=O) groups is 1. The second-order valence-electron chi connectivity index (χ2n) is 10.3. The summed E-state index contributed by atoms with van der Waals surface area (Å²) in [5, 5.41) is 0. The Hall–Kier alpha value is -2.54. The molecule has 0 spiro atoms. The van der Waals surface area contributed by atoms with E-state index in [4.69, 9.17) is 4.74 Å². The maximum absolute atomic E-state index is 12.5. The van der Waals surface area contributed by atoms with Gasteiger partial charge in [-0.1, -0.05) is 56.4 Å². The Labute approximate surface area is 211 Å². The van der Waals surface area contributed by atoms with Crippen LogP contribution in [0, 0.1) is 11.8 Å². The molecule has 4 nitrogen and oxygen atoms in total. The summed E-state index contributed by atoms with van der Waals surface area (Å²) in [4.78, 5) is 14.2. The van der Waals surface area contributed by atoms with Gasteiger partial charge in [-0.25, -0.2) is 4.79 Å². The third-order valence-electron chi connectivity index (χ3n) is 7.88. The molecule has 0 aliphatic heterocycles. The zero-order valence-electron chi connectivity index (χ0n) is 20.9. The van der Waals surface area contributed by atoms with Gasteiger partial charge in [-0.05, 0) is 72.9 Å². The largest absolute Gasteiger partial charge is 0.573 e. The Morgan fingerprint density at radius 2 is 1.33 bits per heavy atom. The van der Waals surface area contributed by atoms with Crippen molar-refractivity contribution in [2.45, 2.75) is 83.3 Å². The molecule has 2 aliphatic carbocycles. The molecule has 2 aliphatic rings. The molecule has 0 atom stereocenters. The molecule has 0 radical (unpaired) electrons. The van der Waals surface area contributed by atoms with Gasteiger partial charge < -0.3 is 9.47 Å². The Morgan fingerprint density at radius 3 is 1.86 bits per heavy atom. The van der Waals surface area contributed by atoms with Crippen LogP contribution >= 0.6 is 0 Å². The molecule has 0 heterocycles. The van der Waals surface area contributed by atoms with E-state index in [9.17, 15) is 18.0 Å². The highest BCUT2D eigenvalue weighted by Crippen LogP contribution is 2.40. The Kier molecular flexibility index (Phi) is 8.94. The summed E-state index contributed by atoms with van der Waals surface area (Å²) in [5.74, 6) is 1.13. The van der Waals surface area contributed by atoms with Crippen LogP contribution in [0.1, 0.15) is 79.3 Å². The first-order chi connectivity index (χ1) is 17.3. The van der Waals surface area contributed by atoms with Gasteiger partial charge in [-0.15, -0.1) is 13.2 Å². The maximum Gasteiger partial charge on any atom is 0.573 e. The lowest BCUT2D eigenvalue weighted by molar-refractivity contribution is -0.274. The molecule has 4 rings (SSSR count). The number of alkyl halides is 3. The molecule has 0 N–H and O–H groups in total. The molecule has 0 bridgehead atoms. The third-order valence-corrected chi connectivity index (χ3v) is 7.88. The molecular formula is C29H36F3NO3. The fourth-order valence-electron chi connectivity index (χ4n) is 5.99. The van der Waals surface area contributed by atoms with Gasteiger partial charge in [0.25, 0.3) is 0 Å². The molecule has 2 fully saturated rings. The average Bonchev–Trinajstić information content (AvgIpc) is 2.89. The number of nitrogens with zero attached hydrogens (tertiary/aromatic N) is 1. The van der Waals surface area contributed by atoms with Crippen LogP contribution in [0.15, 0.2) is 48.5 Å². The van der Waals surface area contributed by atoms with E-state index in [2.05, 4.69) is 9.64 Å². The van der Waals surface area contributed by atoms with Crippen LogP contribution in [-0.2, 0) is 17.8 Å². The highest BCUT2D eigenvalue weighted by molar-refractivity contribution is 5.89. The van der Waals surface area contributed by atoms with Crippen molar-refractivity contribution < 1.29 is 27.4 Å². The summed E-state index contributed by atoms with van der Waals surface area (Å²) >= 11 is 0. The van der Waals surface area contributed by atoms with Crippen molar-refractivity contribution in [3.63, 3.8) is 0 Å². The van der Waals surface area contributed by atoms with E-state index < -0.39 is 6.36 Å². The van der Waals surface area contributed by atoms with Crippen molar-refractivity contribution in [1.29, 1.82) is 0 Å². The van der Waals surface area contributed by atoms with E-state index in [0.717, 1.165) is 35.8 Å². The highest BCUT2D eigenvalue weighted by Gasteiger charge is 2.32. The summed E-state index contributed by atoms with van der Waals surface area (Å²) in [6, 6.07) is 14.1. The van der Waals surface area contributed by atoms with Gasteiger partial charge in [0.1, 0.15) is 5.75 Å². The average molecular weight is 504 g/mol. The first-order valence-corrected chi connectivity index (χ1v) is 13.1. The molecule has 0 unspecified atom stereocenters. The number of halogens is 3. The van der Waals surface area contributed by atoms with E-state index >= 15 is 0 Å². The van der Waals surface area contributed by atoms with Crippen LogP contribution in [0.25, 0.3) is 0 Å². The van der Waals surface area contributed by atoms with Gasteiger partial charge in [-0.3, -0.25) is 4.90 Å². The van der Waals surface area contributed by atoms with Crippen molar-refractivity contribution in [3.8, 4) is 5.75 Å². The molecule has 0 saturated heterocycles. The van der Waals surface area contributed by atoms with Gasteiger partial charge in [0.15, 0.2) is 0 Å². The maximum atomic E-state index is 12.5. The van der Waals surface area contributed by atoms with Crippen molar-refractivity contribution in [3.05, 3.63) is 65.2 Å². The van der Waals surface area contributed by atoms with E-state index in [0.29, 0.717) is 24.7 Å². The molecule has 7 heteroatoms. The normalized spacial score (nSPS) is 21.4. The quantitative estimate of drug-likeness (QED) is 0.350. The second-order valence-corrected chi connectivity index (χ2v) is 10.3. The van der Waals surface area contributed by atoms with Crippen molar-refractivity contribution in [1.82, 2.24) is 4.90 Å². The van der Waals surface area contributed by atoms with Gasteiger partial charge >= 0.3 is 12.3 Å². The van der Waals surface area contributed by atoms with E-state index in [1.165, 1.54) is 64.2 Å². The minimum Gasteiger partial charge on any atom is -0.465 e. The molecule has 2 aromatic carbocycles. The molecule has 36 heavy (non-hydrogen) atoms. The van der Waals surface area contributed by atoms with Gasteiger partial charge in [0.2, 0.25) is 0 Å². The minimum absolute atomic E-state index is 0.204. The number of hydrogen-bond acceptors (Lipinski definition) is 4. The second kappa shape index (κ2) is 12.1. The number of hydrogen-bond donors (Lipinski definition) is 0. The van der Waals surface area contributed by atoms with Crippen LogP contribution in [0.3, 0.4) is 0 Å². The first kappa shape index (κ1) is 26.5. The van der Waals surface area contributed by atoms with Gasteiger partial charge in [0, 0.05) is 19.1 Å². The Bertz CT molecular complexity index is 961. The summed E-state index contributed by atoms with van der Waals surface area (Å²) in [5.41, 5.74) is 2.56. The van der Waals surface area contributed by atoms with Crippen LogP contribution < -0.4 is 4.74 Å². The topological polar surface area (TPSA) is 38.8 Å². The number of methoxy groups -OCH3 is 1. The zero-order chi connectivity index (χ0) is 25.5. The Balaban J connectivity index is 1.44. The standard InChI is InChI=1S/C29H36F3NO3/c1-35-28(34)25-11-7-21(8-12-25)19-33(20-22-9-17-27(18-10-22)36-29(30,31)32)26-15-13-24(14-16-26)23-5-3-2-4-6-23/h7-12,17-18,23-24,26H,2-6,13-16,19-20H2,1H3/t24-,26+. The van der Waals surface area contributed by atoms with E-state index in [1.54, 1.807) is 24.3 Å². The lowest BCUT2D eigenvalue weighted by Gasteiger charge is -2.40. The molecule has 196 valence electrons. The molecular weight excluding hydrogens is 467 g/mol. The van der Waals surface area contributed by atoms with Crippen LogP contribution in [0.2, 0.25) is 0 Å². The smallest absolute Gasteiger partial charge is 0.465 e. The zero-order valence-corrected chi connectivity index (χ0v) is 20.9. The molecule has 2 saturated carbocycles. The number of carbonyl (C=O) groups excluding carboxylic acids is 1. The lowest BCUT2D eigenvalue weighted by Crippen LogP contribution is -2.38. The summed E-state index contributed by atoms with van der Waals surface area (Å²) in [7, 11) is 1.37. The molecule has 0 amide bonds. The number of rotatable bonds is 8. The SMILES string of the molecule is COC(=O)c1ccc(CN(Cc2ccc(OC(F)(F)F)cc2)[C@H]2CC[C@@H](C3CCCCC3)CC2)cc1. The minimum atomic E-state index is -4.69. The number of benzene rings is 2. The molecule has 0 aromatic heterocycles. The predicted molar refractivity (Wildman–Crippen MR) is 132 cm³/mol. The van der Waals surface area contributed by atoms with Crippen molar-refractivity contribution in [2.24, 2.45) is 11.8 Å². The van der Waals surface area contributed by atoms with Crippen LogP contribution in [0.5, 0.6) is 5.75 Å². The summed E-state index contributed by atoms with van der Waals surface area (Å²) in [6.07, 6.45) is 6.92. The van der Waals surface area contributed by atoms with Crippen LogP contribution in [-0.4, -0.2) is 30.4 Å². The first-order valence-electron chi connectivity index (χ1n) is 13.1.